The molecule has 10 rings (SSSR count). The Morgan fingerprint density at radius 3 is 1.17 bits per heavy atom. The van der Waals surface area contributed by atoms with Crippen molar-refractivity contribution in [2.75, 3.05) is 52.9 Å². The number of ether oxygens (including phenoxy) is 8. The number of hydrogen-bond acceptors (Lipinski definition) is 12. The predicted octanol–water partition coefficient (Wildman–Crippen LogP) is 6.03. The van der Waals surface area contributed by atoms with Crippen molar-refractivity contribution in [1.29, 1.82) is 0 Å². The lowest BCUT2D eigenvalue weighted by Crippen LogP contribution is -2.14. The van der Waals surface area contributed by atoms with Crippen LogP contribution in [-0.4, -0.2) is 77.3 Å². The highest BCUT2D eigenvalue weighted by Gasteiger charge is 2.28. The van der Waals surface area contributed by atoms with E-state index in [1.807, 2.05) is 60.7 Å². The molecule has 4 aliphatic heterocycles. The summed E-state index contributed by atoms with van der Waals surface area (Å²) in [4.78, 5) is 26.3. The third-order valence-corrected chi connectivity index (χ3v) is 9.02. The van der Waals surface area contributed by atoms with Crippen LogP contribution in [0, 0.1) is 0 Å². The molecule has 4 aliphatic rings. The fraction of sp³-hybridized carbons (Fsp3) is 0.286. The Morgan fingerprint density at radius 1 is 0.463 bits per heavy atom. The Balaban J connectivity index is 0.000000142. The summed E-state index contributed by atoms with van der Waals surface area (Å²) in [5.41, 5.74) is 2.12. The maximum atomic E-state index is 13.2. The maximum absolute atomic E-state index is 13.2. The second-order valence-electron chi connectivity index (χ2n) is 13.3. The molecule has 6 aromatic rings. The van der Waals surface area contributed by atoms with Crippen molar-refractivity contribution in [2.45, 2.75) is 24.4 Å². The Bertz CT molecular complexity index is 2200. The van der Waals surface area contributed by atoms with E-state index >= 15 is 0 Å². The van der Waals surface area contributed by atoms with Crippen molar-refractivity contribution >= 4 is 21.9 Å². The topological polar surface area (TPSA) is 147 Å². The van der Waals surface area contributed by atoms with Gasteiger partial charge in [0.2, 0.25) is 22.4 Å². The minimum absolute atomic E-state index is 0.0388. The van der Waals surface area contributed by atoms with Crippen LogP contribution >= 0.6 is 0 Å². The SMILES string of the molecule is O=c1c(OCC2CO2)c(-c2ccccc2)oc2ccc(OCC3CO3)cc12.O=c1c(OCC2CO2)c(-c2ccccc2)oc2ccc(OCC3CO3)cc12. The average molecular weight is 733 g/mol. The van der Waals surface area contributed by atoms with Crippen LogP contribution in [0.5, 0.6) is 23.0 Å². The quantitative estimate of drug-likeness (QED) is 0.121. The summed E-state index contributed by atoms with van der Waals surface area (Å²) in [5.74, 6) is 2.46. The van der Waals surface area contributed by atoms with Crippen molar-refractivity contribution < 1.29 is 46.7 Å². The van der Waals surface area contributed by atoms with Crippen LogP contribution in [0.2, 0.25) is 0 Å². The van der Waals surface area contributed by atoms with Crippen LogP contribution in [0.15, 0.2) is 115 Å². The molecular weight excluding hydrogens is 696 g/mol. The zero-order chi connectivity index (χ0) is 36.4. The molecule has 4 saturated heterocycles. The Labute approximate surface area is 308 Å². The summed E-state index contributed by atoms with van der Waals surface area (Å²) >= 11 is 0. The lowest BCUT2D eigenvalue weighted by molar-refractivity contribution is 0.258. The minimum atomic E-state index is -0.219. The molecule has 4 fully saturated rings. The lowest BCUT2D eigenvalue weighted by atomic mass is 10.1. The molecule has 276 valence electrons. The monoisotopic (exact) mass is 732 g/mol. The Morgan fingerprint density at radius 2 is 0.815 bits per heavy atom. The van der Waals surface area contributed by atoms with Crippen LogP contribution < -0.4 is 29.8 Å². The van der Waals surface area contributed by atoms with Crippen LogP contribution in [0.4, 0.5) is 0 Å². The molecule has 4 atom stereocenters. The van der Waals surface area contributed by atoms with Crippen molar-refractivity contribution in [3.05, 3.63) is 118 Å². The summed E-state index contributed by atoms with van der Waals surface area (Å²) < 4.78 is 55.8. The molecule has 0 N–H and O–H groups in total. The first-order valence-electron chi connectivity index (χ1n) is 17.9. The second kappa shape index (κ2) is 15.0. The van der Waals surface area contributed by atoms with Gasteiger partial charge in [0.05, 0.1) is 37.2 Å². The maximum Gasteiger partial charge on any atom is 0.235 e. The number of epoxide rings is 4. The highest BCUT2D eigenvalue weighted by atomic mass is 16.6. The largest absolute Gasteiger partial charge is 0.491 e. The molecular formula is C42H36O12. The molecule has 0 radical (unpaired) electrons. The van der Waals surface area contributed by atoms with E-state index in [0.717, 1.165) is 24.3 Å². The number of fused-ring (bicyclic) bond motifs is 2. The molecule has 0 bridgehead atoms. The molecule has 12 nitrogen and oxygen atoms in total. The van der Waals surface area contributed by atoms with Gasteiger partial charge in [0.1, 0.15) is 73.5 Å². The summed E-state index contributed by atoms with van der Waals surface area (Å²) in [7, 11) is 0. The van der Waals surface area contributed by atoms with Gasteiger partial charge >= 0.3 is 0 Å². The zero-order valence-electron chi connectivity index (χ0n) is 29.1. The van der Waals surface area contributed by atoms with Gasteiger partial charge < -0.3 is 46.7 Å². The van der Waals surface area contributed by atoms with Crippen molar-refractivity contribution in [3.8, 4) is 45.6 Å². The lowest BCUT2D eigenvalue weighted by Gasteiger charge is -2.12. The van der Waals surface area contributed by atoms with Gasteiger partial charge in [-0.3, -0.25) is 9.59 Å². The molecule has 4 aromatic carbocycles. The van der Waals surface area contributed by atoms with Gasteiger partial charge in [-0.2, -0.15) is 0 Å². The van der Waals surface area contributed by atoms with E-state index in [9.17, 15) is 9.59 Å². The molecule has 2 aromatic heterocycles. The third kappa shape index (κ3) is 8.12. The van der Waals surface area contributed by atoms with E-state index in [0.29, 0.717) is 84.6 Å². The molecule has 54 heavy (non-hydrogen) atoms. The van der Waals surface area contributed by atoms with E-state index in [1.54, 1.807) is 36.4 Å². The highest BCUT2D eigenvalue weighted by Crippen LogP contribution is 2.34. The molecule has 6 heterocycles. The molecule has 0 saturated carbocycles. The second-order valence-corrected chi connectivity index (χ2v) is 13.3. The van der Waals surface area contributed by atoms with Crippen LogP contribution in [0.3, 0.4) is 0 Å². The fourth-order valence-electron chi connectivity index (χ4n) is 5.70. The third-order valence-electron chi connectivity index (χ3n) is 9.02. The number of rotatable bonds is 14. The van der Waals surface area contributed by atoms with E-state index in [4.69, 9.17) is 46.7 Å². The van der Waals surface area contributed by atoms with Gasteiger partial charge in [-0.25, -0.2) is 0 Å². The van der Waals surface area contributed by atoms with E-state index in [-0.39, 0.29) is 46.8 Å². The van der Waals surface area contributed by atoms with E-state index < -0.39 is 0 Å². The summed E-state index contributed by atoms with van der Waals surface area (Å²) in [6, 6.07) is 29.4. The molecule has 4 unspecified atom stereocenters. The van der Waals surface area contributed by atoms with Gasteiger partial charge in [0, 0.05) is 11.1 Å². The molecule has 0 spiro atoms. The van der Waals surface area contributed by atoms with Gasteiger partial charge in [-0.1, -0.05) is 60.7 Å². The predicted molar refractivity (Wildman–Crippen MR) is 197 cm³/mol. The van der Waals surface area contributed by atoms with Gasteiger partial charge in [-0.05, 0) is 36.4 Å². The average Bonchev–Trinajstić information content (AvgIpc) is 4.01. The molecule has 12 heteroatoms. The van der Waals surface area contributed by atoms with Gasteiger partial charge in [-0.15, -0.1) is 0 Å². The first kappa shape index (κ1) is 34.1. The first-order chi connectivity index (χ1) is 26.6. The summed E-state index contributed by atoms with van der Waals surface area (Å²) in [6.07, 6.45) is 0.374. The van der Waals surface area contributed by atoms with Crippen LogP contribution in [-0.2, 0) is 18.9 Å². The minimum Gasteiger partial charge on any atom is -0.491 e. The van der Waals surface area contributed by atoms with E-state index in [1.165, 1.54) is 0 Å². The summed E-state index contributed by atoms with van der Waals surface area (Å²) in [5, 5.41) is 0.853. The first-order valence-corrected chi connectivity index (χ1v) is 17.9. The van der Waals surface area contributed by atoms with Crippen molar-refractivity contribution in [2.24, 2.45) is 0 Å². The fourth-order valence-corrected chi connectivity index (χ4v) is 5.70. The normalized spacial score (nSPS) is 20.4. The number of hydrogen-bond donors (Lipinski definition) is 0. The zero-order valence-corrected chi connectivity index (χ0v) is 29.1. The number of benzene rings is 4. The standard InChI is InChI=1S/2C21H18O6/c2*22-19-17-8-14(23-9-15-10-24-15)6-7-18(17)27-20(13-4-2-1-3-5-13)21(19)26-12-16-11-25-16/h2*1-8,15-16H,9-12H2. The van der Waals surface area contributed by atoms with Gasteiger partial charge in [0.15, 0.2) is 11.5 Å². The Hall–Kier alpha value is -5.66. The highest BCUT2D eigenvalue weighted by molar-refractivity contribution is 5.84. The van der Waals surface area contributed by atoms with Crippen LogP contribution in [0.1, 0.15) is 0 Å². The van der Waals surface area contributed by atoms with Crippen molar-refractivity contribution in [3.63, 3.8) is 0 Å². The van der Waals surface area contributed by atoms with Crippen molar-refractivity contribution in [1.82, 2.24) is 0 Å². The summed E-state index contributed by atoms with van der Waals surface area (Å²) in [6.45, 7) is 4.34. The molecule has 0 aliphatic carbocycles. The smallest absolute Gasteiger partial charge is 0.235 e. The van der Waals surface area contributed by atoms with Gasteiger partial charge in [0.25, 0.3) is 0 Å². The Kier molecular flexibility index (Phi) is 9.48. The molecule has 0 amide bonds. The van der Waals surface area contributed by atoms with E-state index in [2.05, 4.69) is 0 Å². The van der Waals surface area contributed by atoms with Crippen LogP contribution in [0.25, 0.3) is 44.6 Å².